The Kier molecular flexibility index (Phi) is 5.86. The first kappa shape index (κ1) is 20.4. The van der Waals surface area contributed by atoms with Crippen molar-refractivity contribution >= 4 is 27.6 Å². The molecule has 0 saturated carbocycles. The van der Waals surface area contributed by atoms with E-state index in [1.54, 1.807) is 0 Å². The molecule has 0 aromatic heterocycles. The quantitative estimate of drug-likeness (QED) is 0.744. The summed E-state index contributed by atoms with van der Waals surface area (Å²) in [6.45, 7) is -0.723. The Balaban J connectivity index is 1.95. The molecule has 11 heteroatoms. The van der Waals surface area contributed by atoms with Gasteiger partial charge in [-0.15, -0.1) is 0 Å². The zero-order chi connectivity index (χ0) is 20.2. The van der Waals surface area contributed by atoms with Gasteiger partial charge in [0, 0.05) is 5.69 Å². The standard InChI is InChI=1S/C16H13F3N2O5S/c17-16(18,19)11-6-4-10(5-7-11)15(23)26-9-14(22)21-12-2-1-3-13(8-12)27(20,24)25/h1-8H,9H2,(H,21,22)(H2,20,24,25). The van der Waals surface area contributed by atoms with Gasteiger partial charge in [0.2, 0.25) is 10.0 Å². The summed E-state index contributed by atoms with van der Waals surface area (Å²) in [6.07, 6.45) is -4.53. The predicted octanol–water partition coefficient (Wildman–Crippen LogP) is 2.15. The highest BCUT2D eigenvalue weighted by Gasteiger charge is 2.30. The molecule has 144 valence electrons. The van der Waals surface area contributed by atoms with Crippen LogP contribution in [0.1, 0.15) is 15.9 Å². The third-order valence-corrected chi connectivity index (χ3v) is 4.14. The second-order valence-corrected chi connectivity index (χ2v) is 6.83. The van der Waals surface area contributed by atoms with E-state index in [4.69, 9.17) is 9.88 Å². The molecular weight excluding hydrogens is 389 g/mol. The Bertz CT molecular complexity index is 957. The number of anilines is 1. The number of benzene rings is 2. The van der Waals surface area contributed by atoms with Crippen molar-refractivity contribution in [2.24, 2.45) is 5.14 Å². The van der Waals surface area contributed by atoms with E-state index in [0.29, 0.717) is 0 Å². The highest BCUT2D eigenvalue weighted by Crippen LogP contribution is 2.29. The molecule has 0 atom stereocenters. The molecule has 2 rings (SSSR count). The topological polar surface area (TPSA) is 116 Å². The van der Waals surface area contributed by atoms with Gasteiger partial charge in [0.1, 0.15) is 0 Å². The van der Waals surface area contributed by atoms with Gasteiger partial charge in [-0.1, -0.05) is 6.07 Å². The van der Waals surface area contributed by atoms with E-state index in [-0.39, 0.29) is 16.1 Å². The SMILES string of the molecule is NS(=O)(=O)c1cccc(NC(=O)COC(=O)c2ccc(C(F)(F)F)cc2)c1. The molecule has 7 nitrogen and oxygen atoms in total. The van der Waals surface area contributed by atoms with E-state index in [0.717, 1.165) is 30.3 Å². The molecule has 2 aromatic rings. The van der Waals surface area contributed by atoms with E-state index in [9.17, 15) is 31.2 Å². The summed E-state index contributed by atoms with van der Waals surface area (Å²) in [5.74, 6) is -1.76. The van der Waals surface area contributed by atoms with Gasteiger partial charge in [-0.2, -0.15) is 13.2 Å². The van der Waals surface area contributed by atoms with Crippen LogP contribution in [0.5, 0.6) is 0 Å². The zero-order valence-corrected chi connectivity index (χ0v) is 14.3. The number of primary sulfonamides is 1. The van der Waals surface area contributed by atoms with Gasteiger partial charge in [-0.25, -0.2) is 18.4 Å². The van der Waals surface area contributed by atoms with Gasteiger partial charge in [-0.05, 0) is 42.5 Å². The lowest BCUT2D eigenvalue weighted by Gasteiger charge is -2.09. The minimum absolute atomic E-state index is 0.108. The maximum absolute atomic E-state index is 12.5. The molecular formula is C16H13F3N2O5S. The van der Waals surface area contributed by atoms with Crippen LogP contribution in [-0.2, 0) is 25.7 Å². The first-order chi connectivity index (χ1) is 12.5. The van der Waals surface area contributed by atoms with Crippen LogP contribution < -0.4 is 10.5 Å². The van der Waals surface area contributed by atoms with Gasteiger partial charge < -0.3 is 10.1 Å². The number of hydrogen-bond acceptors (Lipinski definition) is 5. The average molecular weight is 402 g/mol. The van der Waals surface area contributed by atoms with Crippen molar-refractivity contribution in [3.63, 3.8) is 0 Å². The third kappa shape index (κ3) is 5.79. The second kappa shape index (κ2) is 7.76. The van der Waals surface area contributed by atoms with Crippen LogP contribution in [0.4, 0.5) is 18.9 Å². The number of rotatable bonds is 5. The van der Waals surface area contributed by atoms with Crippen LogP contribution >= 0.6 is 0 Å². The molecule has 0 fully saturated rings. The number of amides is 1. The highest BCUT2D eigenvalue weighted by molar-refractivity contribution is 7.89. The van der Waals surface area contributed by atoms with Crippen molar-refractivity contribution in [2.45, 2.75) is 11.1 Å². The minimum Gasteiger partial charge on any atom is -0.452 e. The molecule has 27 heavy (non-hydrogen) atoms. The van der Waals surface area contributed by atoms with E-state index < -0.39 is 40.2 Å². The van der Waals surface area contributed by atoms with Crippen molar-refractivity contribution < 1.29 is 35.9 Å². The van der Waals surface area contributed by atoms with Crippen molar-refractivity contribution in [2.75, 3.05) is 11.9 Å². The predicted molar refractivity (Wildman–Crippen MR) is 88.2 cm³/mol. The molecule has 1 amide bonds. The van der Waals surface area contributed by atoms with E-state index in [1.807, 2.05) is 0 Å². The van der Waals surface area contributed by atoms with Gasteiger partial charge in [-0.3, -0.25) is 4.79 Å². The van der Waals surface area contributed by atoms with Crippen LogP contribution in [0, 0.1) is 0 Å². The number of ether oxygens (including phenoxy) is 1. The van der Waals surface area contributed by atoms with Crippen LogP contribution in [0.15, 0.2) is 53.4 Å². The summed E-state index contributed by atoms with van der Waals surface area (Å²) in [4.78, 5) is 23.3. The van der Waals surface area contributed by atoms with E-state index in [1.165, 1.54) is 18.2 Å². The fraction of sp³-hybridized carbons (Fsp3) is 0.125. The summed E-state index contributed by atoms with van der Waals surface area (Å²) in [5, 5.41) is 7.28. The van der Waals surface area contributed by atoms with Crippen LogP contribution in [0.3, 0.4) is 0 Å². The van der Waals surface area contributed by atoms with Gasteiger partial charge in [0.15, 0.2) is 6.61 Å². The summed E-state index contributed by atoms with van der Waals surface area (Å²) in [7, 11) is -3.95. The number of nitrogens with two attached hydrogens (primary N) is 1. The normalized spacial score (nSPS) is 11.7. The fourth-order valence-corrected chi connectivity index (χ4v) is 2.52. The Hall–Kier alpha value is -2.92. The largest absolute Gasteiger partial charge is 0.452 e. The number of hydrogen-bond donors (Lipinski definition) is 2. The molecule has 0 aliphatic heterocycles. The molecule has 0 aliphatic carbocycles. The molecule has 3 N–H and O–H groups in total. The molecule has 0 unspecified atom stereocenters. The highest BCUT2D eigenvalue weighted by atomic mass is 32.2. The lowest BCUT2D eigenvalue weighted by molar-refractivity contribution is -0.137. The van der Waals surface area contributed by atoms with E-state index in [2.05, 4.69) is 5.32 Å². The number of carbonyl (C=O) groups is 2. The molecule has 0 radical (unpaired) electrons. The molecule has 0 bridgehead atoms. The monoisotopic (exact) mass is 402 g/mol. The van der Waals surface area contributed by atoms with Crippen molar-refractivity contribution in [1.82, 2.24) is 0 Å². The summed E-state index contributed by atoms with van der Waals surface area (Å²) >= 11 is 0. The summed E-state index contributed by atoms with van der Waals surface area (Å²) in [5.41, 5.74) is -0.976. The van der Waals surface area contributed by atoms with Gasteiger partial charge >= 0.3 is 12.1 Å². The summed E-state index contributed by atoms with van der Waals surface area (Å²) < 4.78 is 64.6. The lowest BCUT2D eigenvalue weighted by atomic mass is 10.1. The zero-order valence-electron chi connectivity index (χ0n) is 13.5. The Labute approximate surface area is 152 Å². The number of sulfonamides is 1. The maximum Gasteiger partial charge on any atom is 0.416 e. The number of carbonyl (C=O) groups excluding carboxylic acids is 2. The molecule has 2 aromatic carbocycles. The number of nitrogens with one attached hydrogen (secondary N) is 1. The fourth-order valence-electron chi connectivity index (χ4n) is 1.96. The first-order valence-corrected chi connectivity index (χ1v) is 8.78. The van der Waals surface area contributed by atoms with Crippen LogP contribution in [-0.4, -0.2) is 26.9 Å². The molecule has 0 saturated heterocycles. The van der Waals surface area contributed by atoms with Crippen LogP contribution in [0.2, 0.25) is 0 Å². The molecule has 0 spiro atoms. The Morgan fingerprint density at radius 1 is 1.07 bits per heavy atom. The first-order valence-electron chi connectivity index (χ1n) is 7.24. The van der Waals surface area contributed by atoms with E-state index >= 15 is 0 Å². The second-order valence-electron chi connectivity index (χ2n) is 5.27. The van der Waals surface area contributed by atoms with Crippen LogP contribution in [0.25, 0.3) is 0 Å². The van der Waals surface area contributed by atoms with Crippen molar-refractivity contribution in [3.8, 4) is 0 Å². The van der Waals surface area contributed by atoms with Crippen molar-refractivity contribution in [1.29, 1.82) is 0 Å². The lowest BCUT2D eigenvalue weighted by Crippen LogP contribution is -2.21. The smallest absolute Gasteiger partial charge is 0.416 e. The Morgan fingerprint density at radius 3 is 2.26 bits per heavy atom. The number of alkyl halides is 3. The molecule has 0 aliphatic rings. The number of esters is 1. The van der Waals surface area contributed by atoms with Crippen molar-refractivity contribution in [3.05, 3.63) is 59.7 Å². The summed E-state index contributed by atoms with van der Waals surface area (Å²) in [6, 6.07) is 8.39. The Morgan fingerprint density at radius 2 is 1.70 bits per heavy atom. The molecule has 0 heterocycles. The average Bonchev–Trinajstić information content (AvgIpc) is 2.58. The number of halogens is 3. The van der Waals surface area contributed by atoms with Gasteiger partial charge in [0.25, 0.3) is 5.91 Å². The van der Waals surface area contributed by atoms with Gasteiger partial charge in [0.05, 0.1) is 16.0 Å². The maximum atomic E-state index is 12.5. The minimum atomic E-state index is -4.53. The third-order valence-electron chi connectivity index (χ3n) is 3.23.